The molecule has 0 amide bonds. The summed E-state index contributed by atoms with van der Waals surface area (Å²) >= 11 is 6.12. The van der Waals surface area contributed by atoms with E-state index < -0.39 is 61.6 Å². The smallest absolute Gasteiger partial charge is 0.309 e. The average molecular weight is 1420 g/mol. The molecule has 1 aromatic carbocycles. The Morgan fingerprint density at radius 3 is 1.19 bits per heavy atom. The van der Waals surface area contributed by atoms with Crippen LogP contribution in [-0.2, 0) is 38.0 Å². The minimum atomic E-state index is -1.32. The Hall–Kier alpha value is -5.70. The van der Waals surface area contributed by atoms with E-state index in [9.17, 15) is 9.59 Å². The summed E-state index contributed by atoms with van der Waals surface area (Å²) in [6, 6.07) is 13.8. The fourth-order valence-corrected chi connectivity index (χ4v) is 14.5. The lowest BCUT2D eigenvalue weighted by atomic mass is 9.80. The van der Waals surface area contributed by atoms with Crippen molar-refractivity contribution < 1.29 is 44.9 Å². The lowest BCUT2D eigenvalue weighted by molar-refractivity contribution is -0.162. The molecule has 0 atom stereocenters. The standard InChI is InChI=1S/C40H59N5O4Si2.C34H54ClN5O4Si2/c1-40(2,3)49-39(46)32-17-15-31(16-18-32)36-25-37(44(28-47-21-23-50(4,5)6)29-48-22-24-51(7,8)9)45-38(43-36)34(27-42-45)33-19-20-35(41-26-33)30-13-11-10-12-14-30;1-34(2,3)44-33(41)26-12-10-25(11-13-26)29-20-31(40-32(38-29)28(22-37-40)27-14-15-30(35)36-21-27)39(23-42-16-18-45(4,5)6)24-43-17-19-46(7,8)9/h10-14,19-20,25-27,31-32H,15-18,21-24,28-29H2,1-9H3;14-15,20-22,25-26H,10-13,16-19,23-24H2,1-9H3/i10D,11D,12D,13D,14D;. The van der Waals surface area contributed by atoms with E-state index in [2.05, 4.69) is 110 Å². The van der Waals surface area contributed by atoms with E-state index >= 15 is 0 Å². The molecule has 2 aliphatic rings. The zero-order valence-electron chi connectivity index (χ0n) is 66.3. The van der Waals surface area contributed by atoms with Gasteiger partial charge in [-0.05, 0) is 135 Å². The van der Waals surface area contributed by atoms with Crippen LogP contribution in [0.15, 0.2) is 91.4 Å². The van der Waals surface area contributed by atoms with Crippen molar-refractivity contribution in [3.05, 3.63) is 108 Å². The quantitative estimate of drug-likeness (QED) is 0.0142. The van der Waals surface area contributed by atoms with Gasteiger partial charge in [-0.15, -0.1) is 0 Å². The van der Waals surface area contributed by atoms with E-state index in [1.54, 1.807) is 30.7 Å². The molecule has 530 valence electrons. The van der Waals surface area contributed by atoms with E-state index in [-0.39, 0.29) is 59.0 Å². The second-order valence-corrected chi connectivity index (χ2v) is 56.0. The minimum Gasteiger partial charge on any atom is -0.460 e. The minimum absolute atomic E-state index is 0.0472. The number of hydrogen-bond acceptors (Lipinski definition) is 16. The molecule has 0 bridgehead atoms. The van der Waals surface area contributed by atoms with E-state index in [0.717, 1.165) is 108 Å². The molecule has 0 aliphatic heterocycles. The summed E-state index contributed by atoms with van der Waals surface area (Å²) in [4.78, 5) is 49.4. The number of benzene rings is 1. The summed E-state index contributed by atoms with van der Waals surface area (Å²) in [7, 11) is -5.14. The molecule has 2 fully saturated rings. The number of nitrogens with zero attached hydrogens (tertiary/aromatic N) is 10. The van der Waals surface area contributed by atoms with Crippen molar-refractivity contribution in [2.24, 2.45) is 11.8 Å². The molecular formula is C74H113ClN10O8Si4. The zero-order chi connectivity index (χ0) is 74.9. The Kier molecular flexibility index (Phi) is 24.2. The van der Waals surface area contributed by atoms with Gasteiger partial charge in [-0.2, -0.15) is 19.2 Å². The molecule has 0 saturated heterocycles. The highest BCUT2D eigenvalue weighted by molar-refractivity contribution is 6.77. The van der Waals surface area contributed by atoms with E-state index in [0.29, 0.717) is 82.6 Å². The predicted molar refractivity (Wildman–Crippen MR) is 405 cm³/mol. The Labute approximate surface area is 594 Å². The number of anilines is 2. The van der Waals surface area contributed by atoms with Gasteiger partial charge < -0.3 is 38.2 Å². The number of halogens is 1. The van der Waals surface area contributed by atoms with Crippen molar-refractivity contribution in [3.63, 3.8) is 0 Å². The molecule has 2 saturated carbocycles. The average Bonchev–Trinajstić information content (AvgIpc) is 1.50. The molecule has 23 heteroatoms. The SMILES string of the molecule is CC(C)(C)OC(=O)C1CCC(c2cc(N(COCC[Si](C)(C)C)COCC[Si](C)(C)C)n3ncc(-c4ccc(Cl)nc4)c3n2)CC1.[2H]c1c([2H])c([2H])c(-c2ccc(-c3cnn4c(N(COCC[Si](C)(C)C)COCC[Si](C)(C)C)cc(C5CCC(C(=O)OC(C)(C)C)CC5)nc34)cn2)c([2H])c1[2H]. The third kappa shape index (κ3) is 24.3. The van der Waals surface area contributed by atoms with Crippen LogP contribution in [0.25, 0.3) is 44.8 Å². The number of hydrogen-bond donors (Lipinski definition) is 0. The fourth-order valence-electron chi connectivity index (χ4n) is 11.4. The third-order valence-electron chi connectivity index (χ3n) is 17.2. The second-order valence-electron chi connectivity index (χ2n) is 33.1. The molecule has 6 heterocycles. The number of aromatic nitrogens is 8. The van der Waals surface area contributed by atoms with Gasteiger partial charge in [0, 0.05) is 134 Å². The molecule has 0 N–H and O–H groups in total. The molecule has 6 aromatic heterocycles. The molecule has 0 unspecified atom stereocenters. The van der Waals surface area contributed by atoms with Crippen molar-refractivity contribution in [2.45, 2.75) is 219 Å². The number of carbonyl (C=O) groups excluding carboxylic acids is 2. The lowest BCUT2D eigenvalue weighted by Gasteiger charge is -2.31. The van der Waals surface area contributed by atoms with Crippen molar-refractivity contribution in [2.75, 3.05) is 63.2 Å². The van der Waals surface area contributed by atoms with Gasteiger partial charge in [0.05, 0.1) is 36.8 Å². The van der Waals surface area contributed by atoms with E-state index in [1.165, 1.54) is 0 Å². The van der Waals surface area contributed by atoms with Crippen molar-refractivity contribution in [3.8, 4) is 33.5 Å². The highest BCUT2D eigenvalue weighted by Gasteiger charge is 2.35. The van der Waals surface area contributed by atoms with Crippen LogP contribution in [-0.4, -0.2) is 148 Å². The number of ether oxygens (including phenoxy) is 6. The van der Waals surface area contributed by atoms with Gasteiger partial charge in [-0.25, -0.2) is 15.0 Å². The summed E-state index contributed by atoms with van der Waals surface area (Å²) in [5, 5.41) is 10.1. The lowest BCUT2D eigenvalue weighted by Crippen LogP contribution is -2.33. The van der Waals surface area contributed by atoms with Gasteiger partial charge in [0.15, 0.2) is 11.3 Å². The van der Waals surface area contributed by atoms with Gasteiger partial charge >= 0.3 is 11.9 Å². The second kappa shape index (κ2) is 33.6. The van der Waals surface area contributed by atoms with Gasteiger partial charge in [0.25, 0.3) is 0 Å². The van der Waals surface area contributed by atoms with Gasteiger partial charge in [0.2, 0.25) is 0 Å². The topological polar surface area (TPSA) is 182 Å². The molecule has 0 radical (unpaired) electrons. The first kappa shape index (κ1) is 69.8. The van der Waals surface area contributed by atoms with Crippen LogP contribution >= 0.6 is 11.6 Å². The first-order valence-electron chi connectivity index (χ1n) is 37.3. The maximum atomic E-state index is 13.0. The van der Waals surface area contributed by atoms with Gasteiger partial charge in [0.1, 0.15) is 54.9 Å². The summed E-state index contributed by atoms with van der Waals surface area (Å²) < 4.78 is 81.5. The van der Waals surface area contributed by atoms with Crippen LogP contribution in [0.4, 0.5) is 11.6 Å². The Morgan fingerprint density at radius 2 is 0.866 bits per heavy atom. The van der Waals surface area contributed by atoms with Crippen LogP contribution in [0.5, 0.6) is 0 Å². The largest absolute Gasteiger partial charge is 0.460 e. The van der Waals surface area contributed by atoms with Crippen LogP contribution in [0.3, 0.4) is 0 Å². The van der Waals surface area contributed by atoms with Crippen LogP contribution in [0.2, 0.25) is 108 Å². The van der Waals surface area contributed by atoms with Gasteiger partial charge in [-0.3, -0.25) is 14.6 Å². The summed E-state index contributed by atoms with van der Waals surface area (Å²) in [5.74, 6) is 1.50. The highest BCUT2D eigenvalue weighted by atomic mass is 35.5. The molecule has 9 rings (SSSR count). The fraction of sp³-hybridized carbons (Fsp3) is 0.595. The number of rotatable bonds is 29. The summed E-state index contributed by atoms with van der Waals surface area (Å²) in [6.07, 6.45) is 13.2. The van der Waals surface area contributed by atoms with Crippen molar-refractivity contribution >= 4 is 78.8 Å². The molecule has 18 nitrogen and oxygen atoms in total. The zero-order valence-corrected chi connectivity index (χ0v) is 66.1. The first-order chi connectivity index (χ1) is 47.6. The molecule has 7 aromatic rings. The van der Waals surface area contributed by atoms with Gasteiger partial charge in [-0.1, -0.05) is 126 Å². The van der Waals surface area contributed by atoms with Crippen molar-refractivity contribution in [1.29, 1.82) is 0 Å². The number of fused-ring (bicyclic) bond motifs is 2. The maximum Gasteiger partial charge on any atom is 0.309 e. The number of pyridine rings is 2. The highest BCUT2D eigenvalue weighted by Crippen LogP contribution is 2.41. The molecule has 0 spiro atoms. The number of carbonyl (C=O) groups is 2. The molecule has 2 aliphatic carbocycles. The maximum absolute atomic E-state index is 13.0. The summed E-state index contributed by atoms with van der Waals surface area (Å²) in [5.41, 5.74) is 5.79. The monoisotopic (exact) mass is 1420 g/mol. The van der Waals surface area contributed by atoms with Crippen LogP contribution < -0.4 is 9.80 Å². The Bertz CT molecular complexity index is 3880. The normalized spacial score (nSPS) is 18.2. The van der Waals surface area contributed by atoms with Crippen molar-refractivity contribution in [1.82, 2.24) is 39.2 Å². The molecule has 97 heavy (non-hydrogen) atoms. The Morgan fingerprint density at radius 1 is 0.505 bits per heavy atom. The first-order valence-corrected chi connectivity index (χ1v) is 50.0. The summed E-state index contributed by atoms with van der Waals surface area (Å²) in [6.45, 7) is 43.7. The van der Waals surface area contributed by atoms with Crippen LogP contribution in [0, 0.1) is 11.8 Å². The Balaban J connectivity index is 0.000000264. The predicted octanol–water partition coefficient (Wildman–Crippen LogP) is 18.0. The van der Waals surface area contributed by atoms with E-state index in [1.807, 2.05) is 68.9 Å². The molecular weight excluding hydrogens is 1300 g/mol. The third-order valence-corrected chi connectivity index (χ3v) is 24.2. The number of esters is 2. The van der Waals surface area contributed by atoms with E-state index in [4.69, 9.17) is 67.0 Å². The van der Waals surface area contributed by atoms with Crippen LogP contribution in [0.1, 0.15) is 123 Å².